The zero-order chi connectivity index (χ0) is 18.8. The molecule has 3 rings (SSSR count). The van der Waals surface area contributed by atoms with Crippen molar-refractivity contribution in [3.05, 3.63) is 56.0 Å². The summed E-state index contributed by atoms with van der Waals surface area (Å²) >= 11 is 6.23. The number of hydrogen-bond donors (Lipinski definition) is 1. The molecule has 0 saturated heterocycles. The van der Waals surface area contributed by atoms with Gasteiger partial charge in [0.05, 0.1) is 22.5 Å². The number of nitro groups is 1. The number of non-ortho nitro benzene ring substituents is 1. The minimum Gasteiger partial charge on any atom is -0.381 e. The van der Waals surface area contributed by atoms with E-state index in [0.29, 0.717) is 29.9 Å². The van der Waals surface area contributed by atoms with Gasteiger partial charge in [0, 0.05) is 24.7 Å². The second-order valence-corrected chi connectivity index (χ2v) is 6.99. The highest BCUT2D eigenvalue weighted by Crippen LogP contribution is 2.34. The van der Waals surface area contributed by atoms with Crippen LogP contribution in [-0.2, 0) is 0 Å². The van der Waals surface area contributed by atoms with Gasteiger partial charge < -0.3 is 10.2 Å². The average molecular weight is 378 g/mol. The Hall–Kier alpha value is -2.45. The molecular formula is C17H20ClN5O3. The van der Waals surface area contributed by atoms with E-state index >= 15 is 0 Å². The van der Waals surface area contributed by atoms with Gasteiger partial charge in [0.1, 0.15) is 5.02 Å². The van der Waals surface area contributed by atoms with Gasteiger partial charge in [-0.25, -0.2) is 0 Å². The van der Waals surface area contributed by atoms with E-state index in [2.05, 4.69) is 15.3 Å². The van der Waals surface area contributed by atoms with Crippen molar-refractivity contribution in [1.29, 1.82) is 0 Å². The van der Waals surface area contributed by atoms with E-state index < -0.39 is 10.5 Å². The summed E-state index contributed by atoms with van der Waals surface area (Å²) in [6.45, 7) is 0.681. The molecule has 138 valence electrons. The van der Waals surface area contributed by atoms with Crippen LogP contribution in [0.2, 0.25) is 5.02 Å². The molecule has 1 aliphatic rings. The van der Waals surface area contributed by atoms with E-state index in [1.54, 1.807) is 0 Å². The molecule has 0 bridgehead atoms. The van der Waals surface area contributed by atoms with Crippen LogP contribution < -0.4 is 10.9 Å². The first-order valence-electron chi connectivity index (χ1n) is 8.31. The van der Waals surface area contributed by atoms with Gasteiger partial charge in [0.25, 0.3) is 11.2 Å². The fourth-order valence-electron chi connectivity index (χ4n) is 2.92. The Kier molecular flexibility index (Phi) is 5.24. The smallest absolute Gasteiger partial charge is 0.292 e. The fraction of sp³-hybridized carbons (Fsp3) is 0.412. The number of benzene rings is 1. The Bertz CT molecular complexity index is 860. The van der Waals surface area contributed by atoms with E-state index in [1.165, 1.54) is 43.3 Å². The third-order valence-corrected chi connectivity index (χ3v) is 4.92. The number of aromatic nitrogens is 2. The molecule has 1 saturated carbocycles. The number of hydrogen-bond acceptors (Lipinski definition) is 6. The zero-order valence-corrected chi connectivity index (χ0v) is 15.3. The highest BCUT2D eigenvalue weighted by atomic mass is 35.5. The van der Waals surface area contributed by atoms with E-state index in [9.17, 15) is 14.9 Å². The summed E-state index contributed by atoms with van der Waals surface area (Å²) in [6, 6.07) is 5.95. The van der Waals surface area contributed by atoms with Crippen LogP contribution in [0.25, 0.3) is 5.69 Å². The van der Waals surface area contributed by atoms with Crippen molar-refractivity contribution < 1.29 is 4.92 Å². The van der Waals surface area contributed by atoms with E-state index in [0.717, 1.165) is 4.68 Å². The van der Waals surface area contributed by atoms with Crippen LogP contribution >= 0.6 is 11.6 Å². The Morgan fingerprint density at radius 1 is 1.38 bits per heavy atom. The molecule has 1 aliphatic carbocycles. The van der Waals surface area contributed by atoms with Crippen molar-refractivity contribution in [2.45, 2.75) is 18.9 Å². The summed E-state index contributed by atoms with van der Waals surface area (Å²) in [7, 11) is 4.08. The minimum atomic E-state index is -0.499. The molecule has 1 unspecified atom stereocenters. The van der Waals surface area contributed by atoms with Crippen LogP contribution in [-0.4, -0.2) is 46.3 Å². The number of halogens is 1. The first kappa shape index (κ1) is 18.3. The van der Waals surface area contributed by atoms with Gasteiger partial charge in [0.15, 0.2) is 0 Å². The second kappa shape index (κ2) is 7.43. The molecule has 0 amide bonds. The van der Waals surface area contributed by atoms with Crippen LogP contribution in [0, 0.1) is 16.0 Å². The van der Waals surface area contributed by atoms with E-state index in [4.69, 9.17) is 11.6 Å². The first-order valence-corrected chi connectivity index (χ1v) is 8.69. The van der Waals surface area contributed by atoms with Crippen LogP contribution in [0.3, 0.4) is 0 Å². The standard InChI is InChI=1S/C17H20ClN5O3/c1-21(2)15(11-3-4-11)10-19-14-9-20-22(17(24)16(14)18)12-5-7-13(8-6-12)23(25)26/h5-9,11,15,19H,3-4,10H2,1-2H3. The van der Waals surface area contributed by atoms with Gasteiger partial charge in [0.2, 0.25) is 0 Å². The summed E-state index contributed by atoms with van der Waals surface area (Å²) in [5, 5.41) is 18.1. The van der Waals surface area contributed by atoms with Gasteiger partial charge in [-0.1, -0.05) is 11.6 Å². The highest BCUT2D eigenvalue weighted by molar-refractivity contribution is 6.32. The summed E-state index contributed by atoms with van der Waals surface area (Å²) < 4.78 is 1.13. The Labute approximate surface area is 155 Å². The Morgan fingerprint density at radius 3 is 2.58 bits per heavy atom. The number of likely N-dealkylation sites (N-methyl/N-ethyl adjacent to an activating group) is 1. The fourth-order valence-corrected chi connectivity index (χ4v) is 3.12. The van der Waals surface area contributed by atoms with Gasteiger partial charge in [-0.3, -0.25) is 14.9 Å². The Morgan fingerprint density at radius 2 is 2.04 bits per heavy atom. The molecule has 1 N–H and O–H groups in total. The van der Waals surface area contributed by atoms with Crippen molar-refractivity contribution in [2.75, 3.05) is 26.0 Å². The summed E-state index contributed by atoms with van der Waals surface area (Å²) in [4.78, 5) is 24.9. The molecular weight excluding hydrogens is 358 g/mol. The molecule has 2 aromatic rings. The maximum absolute atomic E-state index is 12.5. The van der Waals surface area contributed by atoms with E-state index in [1.807, 2.05) is 14.1 Å². The lowest BCUT2D eigenvalue weighted by Gasteiger charge is -2.25. The Balaban J connectivity index is 1.79. The van der Waals surface area contributed by atoms with Crippen LogP contribution in [0.1, 0.15) is 12.8 Å². The molecule has 1 aromatic carbocycles. The number of nitrogens with one attached hydrogen (secondary N) is 1. The van der Waals surface area contributed by atoms with Crippen molar-refractivity contribution in [2.24, 2.45) is 5.92 Å². The molecule has 26 heavy (non-hydrogen) atoms. The van der Waals surface area contributed by atoms with Gasteiger partial charge in [-0.15, -0.1) is 0 Å². The van der Waals surface area contributed by atoms with Crippen LogP contribution in [0.4, 0.5) is 11.4 Å². The van der Waals surface area contributed by atoms with Crippen molar-refractivity contribution in [3.8, 4) is 5.69 Å². The lowest BCUT2D eigenvalue weighted by molar-refractivity contribution is -0.384. The lowest BCUT2D eigenvalue weighted by atomic mass is 10.1. The number of nitro benzene ring substituents is 1. The minimum absolute atomic E-state index is 0.0478. The van der Waals surface area contributed by atoms with Gasteiger partial charge >= 0.3 is 0 Å². The third kappa shape index (κ3) is 3.86. The topological polar surface area (TPSA) is 93.3 Å². The quantitative estimate of drug-likeness (QED) is 0.588. The maximum Gasteiger partial charge on any atom is 0.292 e. The first-order chi connectivity index (χ1) is 12.4. The summed E-state index contributed by atoms with van der Waals surface area (Å²) in [6.07, 6.45) is 3.95. The molecule has 0 spiro atoms. The van der Waals surface area contributed by atoms with Crippen molar-refractivity contribution in [1.82, 2.24) is 14.7 Å². The zero-order valence-electron chi connectivity index (χ0n) is 14.6. The van der Waals surface area contributed by atoms with Crippen molar-refractivity contribution >= 4 is 23.0 Å². The largest absolute Gasteiger partial charge is 0.381 e. The second-order valence-electron chi connectivity index (χ2n) is 6.61. The molecule has 1 aromatic heterocycles. The van der Waals surface area contributed by atoms with Crippen LogP contribution in [0.15, 0.2) is 35.3 Å². The number of nitrogens with zero attached hydrogens (tertiary/aromatic N) is 4. The maximum atomic E-state index is 12.5. The lowest BCUT2D eigenvalue weighted by Crippen LogP contribution is -2.36. The van der Waals surface area contributed by atoms with Gasteiger partial charge in [-0.05, 0) is 45.0 Å². The number of anilines is 1. The van der Waals surface area contributed by atoms with E-state index in [-0.39, 0.29) is 10.7 Å². The summed E-state index contributed by atoms with van der Waals surface area (Å²) in [5.74, 6) is 0.671. The predicted octanol–water partition coefficient (Wildman–Crippen LogP) is 2.55. The summed E-state index contributed by atoms with van der Waals surface area (Å²) in [5.41, 5.74) is 0.375. The molecule has 0 radical (unpaired) electrons. The normalized spacial score (nSPS) is 15.1. The monoisotopic (exact) mass is 377 g/mol. The number of rotatable bonds is 7. The molecule has 1 atom stereocenters. The van der Waals surface area contributed by atoms with Gasteiger partial charge in [-0.2, -0.15) is 9.78 Å². The third-order valence-electron chi connectivity index (χ3n) is 4.56. The molecule has 0 aliphatic heterocycles. The van der Waals surface area contributed by atoms with Crippen molar-refractivity contribution in [3.63, 3.8) is 0 Å². The molecule has 8 nitrogen and oxygen atoms in total. The average Bonchev–Trinajstić information content (AvgIpc) is 3.43. The highest BCUT2D eigenvalue weighted by Gasteiger charge is 2.32. The molecule has 9 heteroatoms. The predicted molar refractivity (Wildman–Crippen MR) is 100 cm³/mol. The van der Waals surface area contributed by atoms with Crippen LogP contribution in [0.5, 0.6) is 0 Å². The SMILES string of the molecule is CN(C)C(CNc1cnn(-c2ccc([N+](=O)[O-])cc2)c(=O)c1Cl)C1CC1. The molecule has 1 fully saturated rings. The molecule has 1 heterocycles.